The van der Waals surface area contributed by atoms with Crippen LogP contribution in [0.4, 0.5) is 0 Å². The van der Waals surface area contributed by atoms with Gasteiger partial charge in [0.25, 0.3) is 0 Å². The Labute approximate surface area is 113 Å². The average Bonchev–Trinajstić information content (AvgIpc) is 2.40. The van der Waals surface area contributed by atoms with Crippen molar-refractivity contribution in [3.8, 4) is 0 Å². The Balaban J connectivity index is 2.07. The first kappa shape index (κ1) is 13.4. The normalized spacial score (nSPS) is 19.9. The molecule has 1 aromatic carbocycles. The van der Waals surface area contributed by atoms with Gasteiger partial charge in [-0.15, -0.1) is 0 Å². The minimum atomic E-state index is -0.103. The van der Waals surface area contributed by atoms with Gasteiger partial charge in [-0.1, -0.05) is 36.7 Å². The summed E-state index contributed by atoms with van der Waals surface area (Å²) in [7, 11) is 0. The molecule has 0 bridgehead atoms. The van der Waals surface area contributed by atoms with Gasteiger partial charge in [0.05, 0.1) is 13.2 Å². The molecule has 2 rings (SSSR count). The molecule has 0 aromatic heterocycles. The number of carbonyl (C=O) groups is 1. The van der Waals surface area contributed by atoms with Crippen molar-refractivity contribution in [1.29, 1.82) is 0 Å². The molecule has 98 valence electrons. The number of nitrogens with zero attached hydrogens (tertiary/aromatic N) is 1. The summed E-state index contributed by atoms with van der Waals surface area (Å²) in [5.74, 6) is 0.206. The van der Waals surface area contributed by atoms with Crippen LogP contribution in [0.5, 0.6) is 0 Å². The third-order valence-electron chi connectivity index (χ3n) is 3.14. The van der Waals surface area contributed by atoms with E-state index in [2.05, 4.69) is 0 Å². The van der Waals surface area contributed by atoms with E-state index in [4.69, 9.17) is 16.3 Å². The van der Waals surface area contributed by atoms with Gasteiger partial charge in [-0.25, -0.2) is 0 Å². The molecule has 0 radical (unpaired) electrons. The topological polar surface area (TPSA) is 29.5 Å². The Hall–Kier alpha value is -1.06. The molecule has 1 aliphatic heterocycles. The summed E-state index contributed by atoms with van der Waals surface area (Å²) in [4.78, 5) is 13.8. The maximum Gasteiger partial charge on any atom is 0.222 e. The van der Waals surface area contributed by atoms with Crippen LogP contribution in [0.25, 0.3) is 0 Å². The fourth-order valence-corrected chi connectivity index (χ4v) is 2.43. The highest BCUT2D eigenvalue weighted by Crippen LogP contribution is 2.28. The van der Waals surface area contributed by atoms with E-state index >= 15 is 0 Å². The van der Waals surface area contributed by atoms with Crippen LogP contribution in [0.2, 0.25) is 5.02 Å². The summed E-state index contributed by atoms with van der Waals surface area (Å²) in [5.41, 5.74) is 0.966. The molecule has 0 aliphatic carbocycles. The number of halogens is 1. The number of benzene rings is 1. The van der Waals surface area contributed by atoms with E-state index in [-0.39, 0.29) is 12.0 Å². The van der Waals surface area contributed by atoms with Gasteiger partial charge in [0.2, 0.25) is 5.91 Å². The number of morpholine rings is 1. The van der Waals surface area contributed by atoms with Crippen molar-refractivity contribution in [1.82, 2.24) is 4.90 Å². The molecular weight excluding hydrogens is 250 g/mol. The summed E-state index contributed by atoms with van der Waals surface area (Å²) in [6, 6.07) is 7.65. The van der Waals surface area contributed by atoms with E-state index in [1.54, 1.807) is 0 Å². The zero-order valence-electron chi connectivity index (χ0n) is 10.6. The average molecular weight is 268 g/mol. The molecule has 0 N–H and O–H groups in total. The predicted octanol–water partition coefficient (Wildman–Crippen LogP) is 3.04. The van der Waals surface area contributed by atoms with Crippen LogP contribution in [-0.2, 0) is 9.53 Å². The smallest absolute Gasteiger partial charge is 0.222 e. The molecule has 1 aliphatic rings. The highest BCUT2D eigenvalue weighted by atomic mass is 35.5. The van der Waals surface area contributed by atoms with Crippen LogP contribution in [0, 0.1) is 0 Å². The zero-order valence-corrected chi connectivity index (χ0v) is 11.3. The summed E-state index contributed by atoms with van der Waals surface area (Å²) in [6.07, 6.45) is 1.38. The third kappa shape index (κ3) is 3.03. The van der Waals surface area contributed by atoms with Crippen molar-refractivity contribution < 1.29 is 9.53 Å². The molecule has 1 unspecified atom stereocenters. The predicted molar refractivity (Wildman–Crippen MR) is 71.6 cm³/mol. The summed E-state index contributed by atoms with van der Waals surface area (Å²) in [6.45, 7) is 3.87. The van der Waals surface area contributed by atoms with Gasteiger partial charge in [-0.05, 0) is 12.5 Å². The Morgan fingerprint density at radius 1 is 1.50 bits per heavy atom. The molecule has 1 heterocycles. The van der Waals surface area contributed by atoms with E-state index < -0.39 is 0 Å². The van der Waals surface area contributed by atoms with Gasteiger partial charge in [0, 0.05) is 23.6 Å². The summed E-state index contributed by atoms with van der Waals surface area (Å²) < 4.78 is 5.73. The lowest BCUT2D eigenvalue weighted by molar-refractivity contribution is -0.139. The number of ether oxygens (including phenoxy) is 1. The number of rotatable bonds is 3. The zero-order chi connectivity index (χ0) is 13.0. The van der Waals surface area contributed by atoms with Gasteiger partial charge in [-0.2, -0.15) is 0 Å². The van der Waals surface area contributed by atoms with Crippen molar-refractivity contribution in [2.75, 3.05) is 19.7 Å². The molecule has 1 aromatic rings. The van der Waals surface area contributed by atoms with Crippen molar-refractivity contribution in [2.45, 2.75) is 25.9 Å². The summed E-state index contributed by atoms with van der Waals surface area (Å²) in [5, 5.41) is 0.701. The maximum atomic E-state index is 11.9. The fourth-order valence-electron chi connectivity index (χ4n) is 2.17. The second-order valence-electron chi connectivity index (χ2n) is 4.47. The van der Waals surface area contributed by atoms with E-state index in [9.17, 15) is 4.79 Å². The number of amides is 1. The molecule has 1 atom stereocenters. The van der Waals surface area contributed by atoms with Gasteiger partial charge in [-0.3, -0.25) is 4.79 Å². The van der Waals surface area contributed by atoms with Crippen molar-refractivity contribution in [3.05, 3.63) is 34.9 Å². The second-order valence-corrected chi connectivity index (χ2v) is 4.88. The molecule has 1 fully saturated rings. The maximum absolute atomic E-state index is 11.9. The highest BCUT2D eigenvalue weighted by molar-refractivity contribution is 6.31. The minimum Gasteiger partial charge on any atom is -0.370 e. The highest BCUT2D eigenvalue weighted by Gasteiger charge is 2.25. The van der Waals surface area contributed by atoms with Crippen molar-refractivity contribution in [3.63, 3.8) is 0 Å². The number of hydrogen-bond donors (Lipinski definition) is 0. The molecular formula is C14H18ClNO2. The lowest BCUT2D eigenvalue weighted by atomic mass is 10.1. The Kier molecular flexibility index (Phi) is 4.61. The molecule has 0 saturated carbocycles. The SMILES string of the molecule is CCCC(=O)N1CCOC(c2ccccc2Cl)C1. The van der Waals surface area contributed by atoms with Gasteiger partial charge < -0.3 is 9.64 Å². The van der Waals surface area contributed by atoms with E-state index in [1.165, 1.54) is 0 Å². The lowest BCUT2D eigenvalue weighted by Crippen LogP contribution is -2.42. The summed E-state index contributed by atoms with van der Waals surface area (Å²) >= 11 is 6.16. The standard InChI is InChI=1S/C14H18ClNO2/c1-2-5-14(17)16-8-9-18-13(10-16)11-6-3-4-7-12(11)15/h3-4,6-7,13H,2,5,8-10H2,1H3. The van der Waals surface area contributed by atoms with Crippen LogP contribution in [0.15, 0.2) is 24.3 Å². The van der Waals surface area contributed by atoms with Gasteiger partial charge in [0.15, 0.2) is 0 Å². The second kappa shape index (κ2) is 6.21. The molecule has 1 amide bonds. The van der Waals surface area contributed by atoms with Gasteiger partial charge >= 0.3 is 0 Å². The minimum absolute atomic E-state index is 0.103. The molecule has 4 heteroatoms. The largest absolute Gasteiger partial charge is 0.370 e. The quantitative estimate of drug-likeness (QED) is 0.842. The van der Waals surface area contributed by atoms with E-state index in [0.29, 0.717) is 31.1 Å². The first-order valence-corrected chi connectivity index (χ1v) is 6.74. The van der Waals surface area contributed by atoms with Crippen molar-refractivity contribution >= 4 is 17.5 Å². The van der Waals surface area contributed by atoms with E-state index in [1.807, 2.05) is 36.1 Å². The number of carbonyl (C=O) groups excluding carboxylic acids is 1. The molecule has 0 spiro atoms. The monoisotopic (exact) mass is 267 g/mol. The van der Waals surface area contributed by atoms with Crippen LogP contribution in [0.1, 0.15) is 31.4 Å². The molecule has 18 heavy (non-hydrogen) atoms. The molecule has 3 nitrogen and oxygen atoms in total. The Morgan fingerprint density at radius 3 is 3.00 bits per heavy atom. The van der Waals surface area contributed by atoms with Gasteiger partial charge in [0.1, 0.15) is 6.10 Å². The van der Waals surface area contributed by atoms with Crippen LogP contribution >= 0.6 is 11.6 Å². The van der Waals surface area contributed by atoms with Crippen LogP contribution in [-0.4, -0.2) is 30.5 Å². The first-order chi connectivity index (χ1) is 8.72. The van der Waals surface area contributed by atoms with Crippen molar-refractivity contribution in [2.24, 2.45) is 0 Å². The Morgan fingerprint density at radius 2 is 2.28 bits per heavy atom. The molecule has 1 saturated heterocycles. The number of hydrogen-bond acceptors (Lipinski definition) is 2. The van der Waals surface area contributed by atoms with E-state index in [0.717, 1.165) is 12.0 Å². The fraction of sp³-hybridized carbons (Fsp3) is 0.500. The van der Waals surface area contributed by atoms with Crippen LogP contribution < -0.4 is 0 Å². The Bertz CT molecular complexity index is 422. The lowest BCUT2D eigenvalue weighted by Gasteiger charge is -2.33. The third-order valence-corrected chi connectivity index (χ3v) is 3.48. The van der Waals surface area contributed by atoms with Crippen LogP contribution in [0.3, 0.4) is 0 Å². The first-order valence-electron chi connectivity index (χ1n) is 6.36.